The first-order valence-corrected chi connectivity index (χ1v) is 10.9. The summed E-state index contributed by atoms with van der Waals surface area (Å²) in [7, 11) is -3.90. The van der Waals surface area contributed by atoms with Crippen LogP contribution >= 0.6 is 11.5 Å². The van der Waals surface area contributed by atoms with E-state index in [1.165, 1.54) is 24.5 Å². The highest BCUT2D eigenvalue weighted by atomic mass is 32.2. The summed E-state index contributed by atoms with van der Waals surface area (Å²) in [4.78, 5) is 3.73. The molecule has 1 aromatic heterocycles. The molecule has 0 radical (unpaired) electrons. The van der Waals surface area contributed by atoms with Crippen LogP contribution < -0.4 is 9.46 Å². The van der Waals surface area contributed by atoms with E-state index in [4.69, 9.17) is 9.47 Å². The molecule has 1 N–H and O–H groups in total. The van der Waals surface area contributed by atoms with E-state index in [1.54, 1.807) is 0 Å². The second kappa shape index (κ2) is 9.47. The Balaban J connectivity index is 1.87. The summed E-state index contributed by atoms with van der Waals surface area (Å²) in [5.41, 5.74) is 0.988. The molecule has 0 saturated carbocycles. The van der Waals surface area contributed by atoms with Crippen LogP contribution in [0.25, 0.3) is 0 Å². The van der Waals surface area contributed by atoms with Gasteiger partial charge in [-0.25, -0.2) is 13.4 Å². The molecule has 3 rings (SSSR count). The Morgan fingerprint density at radius 2 is 2.03 bits per heavy atom. The van der Waals surface area contributed by atoms with Crippen molar-refractivity contribution >= 4 is 26.7 Å². The van der Waals surface area contributed by atoms with E-state index in [9.17, 15) is 13.7 Å². The zero-order valence-corrected chi connectivity index (χ0v) is 17.1. The topological polar surface area (TPSA) is 114 Å². The monoisotopic (exact) mass is 430 g/mol. The van der Waals surface area contributed by atoms with Crippen LogP contribution in [-0.2, 0) is 14.8 Å². The fraction of sp³-hybridized carbons (Fsp3) is 0.211. The Morgan fingerprint density at radius 1 is 1.24 bits per heavy atom. The van der Waals surface area contributed by atoms with Crippen molar-refractivity contribution in [3.05, 3.63) is 66.0 Å². The first kappa shape index (κ1) is 20.7. The highest BCUT2D eigenvalue weighted by Crippen LogP contribution is 2.28. The van der Waals surface area contributed by atoms with Gasteiger partial charge in [0.25, 0.3) is 10.0 Å². The van der Waals surface area contributed by atoms with Gasteiger partial charge in [-0.1, -0.05) is 30.3 Å². The van der Waals surface area contributed by atoms with Crippen LogP contribution in [0.1, 0.15) is 24.2 Å². The smallest absolute Gasteiger partial charge is 0.263 e. The summed E-state index contributed by atoms with van der Waals surface area (Å²) in [6.07, 6.45) is 0.813. The Labute approximate surface area is 173 Å². The molecule has 0 aliphatic heterocycles. The standard InChI is InChI=1S/C19H18N4O4S2/c1-2-26-12-18(14-6-4-3-5-7-14)27-17-9-8-16(10-15(17)11-20)29(24,25)23-19-21-13-22-28-19/h3-10,13,18H,2,12H2,1H3,(H,21,22,23). The third kappa shape index (κ3) is 5.29. The van der Waals surface area contributed by atoms with Crippen LogP contribution in [0.5, 0.6) is 5.75 Å². The fourth-order valence-corrected chi connectivity index (χ4v) is 4.19. The van der Waals surface area contributed by atoms with Gasteiger partial charge in [0.1, 0.15) is 24.3 Å². The third-order valence-corrected chi connectivity index (χ3v) is 5.92. The van der Waals surface area contributed by atoms with Crippen molar-refractivity contribution in [1.29, 1.82) is 5.26 Å². The lowest BCUT2D eigenvalue weighted by Gasteiger charge is -2.20. The number of nitrogens with one attached hydrogen (secondary N) is 1. The molecule has 0 fully saturated rings. The number of benzene rings is 2. The molecule has 3 aromatic rings. The van der Waals surface area contributed by atoms with E-state index in [2.05, 4.69) is 14.1 Å². The maximum atomic E-state index is 12.5. The van der Waals surface area contributed by atoms with E-state index in [1.807, 2.05) is 43.3 Å². The highest BCUT2D eigenvalue weighted by Gasteiger charge is 2.20. The second-order valence-electron chi connectivity index (χ2n) is 5.80. The number of hydrogen-bond acceptors (Lipinski definition) is 8. The number of anilines is 1. The van der Waals surface area contributed by atoms with Gasteiger partial charge in [-0.2, -0.15) is 9.64 Å². The molecule has 0 saturated heterocycles. The van der Waals surface area contributed by atoms with E-state index < -0.39 is 16.1 Å². The number of rotatable bonds is 9. The normalized spacial score (nSPS) is 12.1. The summed E-state index contributed by atoms with van der Waals surface area (Å²) < 4.78 is 42.6. The number of nitriles is 1. The van der Waals surface area contributed by atoms with Gasteiger partial charge in [0.05, 0.1) is 17.1 Å². The van der Waals surface area contributed by atoms with Gasteiger partial charge in [0.2, 0.25) is 5.13 Å². The first-order valence-electron chi connectivity index (χ1n) is 8.66. The third-order valence-electron chi connectivity index (χ3n) is 3.88. The molecular weight excluding hydrogens is 412 g/mol. The summed E-state index contributed by atoms with van der Waals surface area (Å²) >= 11 is 0.916. The van der Waals surface area contributed by atoms with Crippen LogP contribution in [0.4, 0.5) is 5.13 Å². The largest absolute Gasteiger partial charge is 0.482 e. The van der Waals surface area contributed by atoms with Crippen molar-refractivity contribution in [2.45, 2.75) is 17.9 Å². The van der Waals surface area contributed by atoms with Gasteiger partial charge in [-0.3, -0.25) is 4.72 Å². The van der Waals surface area contributed by atoms with Crippen molar-refractivity contribution in [3.8, 4) is 11.8 Å². The zero-order chi connectivity index (χ0) is 20.7. The lowest BCUT2D eigenvalue weighted by molar-refractivity contribution is 0.0559. The van der Waals surface area contributed by atoms with Gasteiger partial charge < -0.3 is 9.47 Å². The number of sulfonamides is 1. The molecule has 1 unspecified atom stereocenters. The molecule has 0 bridgehead atoms. The Bertz CT molecular complexity index is 1080. The van der Waals surface area contributed by atoms with Crippen LogP contribution in [0.15, 0.2) is 59.8 Å². The highest BCUT2D eigenvalue weighted by molar-refractivity contribution is 7.93. The van der Waals surface area contributed by atoms with Crippen LogP contribution in [0.2, 0.25) is 0 Å². The summed E-state index contributed by atoms with van der Waals surface area (Å²) in [5.74, 6) is 0.274. The van der Waals surface area contributed by atoms with Crippen molar-refractivity contribution in [1.82, 2.24) is 9.36 Å². The number of hydrogen-bond donors (Lipinski definition) is 1. The average Bonchev–Trinajstić information content (AvgIpc) is 3.24. The lowest BCUT2D eigenvalue weighted by atomic mass is 10.1. The number of ether oxygens (including phenoxy) is 2. The van der Waals surface area contributed by atoms with Crippen LogP contribution in [0, 0.1) is 11.3 Å². The molecule has 29 heavy (non-hydrogen) atoms. The van der Waals surface area contributed by atoms with Crippen molar-refractivity contribution in [3.63, 3.8) is 0 Å². The Kier molecular flexibility index (Phi) is 6.77. The van der Waals surface area contributed by atoms with Gasteiger partial charge >= 0.3 is 0 Å². The summed E-state index contributed by atoms with van der Waals surface area (Å²) in [6, 6.07) is 15.6. The minimum absolute atomic E-state index is 0.0716. The van der Waals surface area contributed by atoms with Gasteiger partial charge in [-0.15, -0.1) is 0 Å². The van der Waals surface area contributed by atoms with Crippen molar-refractivity contribution in [2.24, 2.45) is 0 Å². The molecule has 10 heteroatoms. The maximum Gasteiger partial charge on any atom is 0.263 e. The first-order chi connectivity index (χ1) is 14.0. The molecular formula is C19H18N4O4S2. The summed E-state index contributed by atoms with van der Waals surface area (Å²) in [5, 5.41) is 9.67. The van der Waals surface area contributed by atoms with E-state index >= 15 is 0 Å². The minimum atomic E-state index is -3.90. The molecule has 2 aromatic carbocycles. The minimum Gasteiger partial charge on any atom is -0.482 e. The number of nitrogens with zero attached hydrogens (tertiary/aromatic N) is 3. The van der Waals surface area contributed by atoms with Gasteiger partial charge in [0.15, 0.2) is 0 Å². The van der Waals surface area contributed by atoms with Crippen molar-refractivity contribution < 1.29 is 17.9 Å². The predicted octanol–water partition coefficient (Wildman–Crippen LogP) is 3.37. The molecule has 0 spiro atoms. The average molecular weight is 431 g/mol. The second-order valence-corrected chi connectivity index (χ2v) is 8.26. The molecule has 1 heterocycles. The molecule has 0 amide bonds. The number of aromatic nitrogens is 2. The molecule has 1 atom stereocenters. The summed E-state index contributed by atoms with van der Waals surface area (Å²) in [6.45, 7) is 2.70. The predicted molar refractivity (Wildman–Crippen MR) is 108 cm³/mol. The van der Waals surface area contributed by atoms with E-state index in [0.717, 1.165) is 17.1 Å². The maximum absolute atomic E-state index is 12.5. The quantitative estimate of drug-likeness (QED) is 0.553. The van der Waals surface area contributed by atoms with Crippen molar-refractivity contribution in [2.75, 3.05) is 17.9 Å². The SMILES string of the molecule is CCOCC(Oc1ccc(S(=O)(=O)Nc2ncns2)cc1C#N)c1ccccc1. The Hall–Kier alpha value is -3.00. The van der Waals surface area contributed by atoms with E-state index in [-0.39, 0.29) is 21.3 Å². The van der Waals surface area contributed by atoms with Gasteiger partial charge in [-0.05, 0) is 30.7 Å². The van der Waals surface area contributed by atoms with Gasteiger partial charge in [0, 0.05) is 18.1 Å². The fourth-order valence-electron chi connectivity index (χ4n) is 2.50. The molecule has 0 aliphatic carbocycles. The lowest BCUT2D eigenvalue weighted by Crippen LogP contribution is -2.16. The molecule has 150 valence electrons. The van der Waals surface area contributed by atoms with Crippen LogP contribution in [0.3, 0.4) is 0 Å². The molecule has 8 nitrogen and oxygen atoms in total. The zero-order valence-electron chi connectivity index (χ0n) is 15.5. The van der Waals surface area contributed by atoms with E-state index in [0.29, 0.717) is 13.2 Å². The van der Waals surface area contributed by atoms with Crippen LogP contribution in [-0.4, -0.2) is 31.0 Å². The molecule has 0 aliphatic rings. The Morgan fingerprint density at radius 3 is 2.69 bits per heavy atom.